The summed E-state index contributed by atoms with van der Waals surface area (Å²) < 4.78 is 32.5. The summed E-state index contributed by atoms with van der Waals surface area (Å²) in [5, 5.41) is 0.607. The van der Waals surface area contributed by atoms with Crippen molar-refractivity contribution in [1.82, 2.24) is 9.29 Å². The van der Waals surface area contributed by atoms with Gasteiger partial charge in [-0.05, 0) is 36.8 Å². The van der Waals surface area contributed by atoms with E-state index in [9.17, 15) is 13.2 Å². The number of hydrogen-bond donors (Lipinski definition) is 1. The number of H-pyrrole nitrogens is 1. The van der Waals surface area contributed by atoms with Crippen LogP contribution in [0.15, 0.2) is 47.4 Å². The number of morpholine rings is 1. The second-order valence-corrected chi connectivity index (χ2v) is 8.56. The normalized spacial score (nSPS) is 15.9. The highest BCUT2D eigenvalue weighted by Crippen LogP contribution is 2.31. The summed E-state index contributed by atoms with van der Waals surface area (Å²) in [5.74, 6) is 0. The molecule has 7 heteroatoms. The predicted molar refractivity (Wildman–Crippen MR) is 103 cm³/mol. The minimum absolute atomic E-state index is 0.190. The maximum atomic E-state index is 12.9. The Morgan fingerprint density at radius 2 is 1.89 bits per heavy atom. The molecular weight excluding hydrogens is 364 g/mol. The zero-order valence-electron chi connectivity index (χ0n) is 14.9. The molecule has 0 saturated carbocycles. The number of ether oxygens (including phenoxy) is 1. The van der Waals surface area contributed by atoms with E-state index >= 15 is 0 Å². The molecule has 3 aromatic rings. The molecule has 4 rings (SSSR count). The van der Waals surface area contributed by atoms with E-state index < -0.39 is 10.0 Å². The van der Waals surface area contributed by atoms with Gasteiger partial charge in [-0.3, -0.25) is 4.79 Å². The van der Waals surface area contributed by atoms with Gasteiger partial charge in [0.2, 0.25) is 10.0 Å². The third-order valence-electron chi connectivity index (χ3n) is 4.84. The molecule has 0 amide bonds. The smallest absolute Gasteiger partial charge is 0.243 e. The first-order valence-electron chi connectivity index (χ1n) is 8.76. The molecule has 2 aromatic carbocycles. The number of aromatic nitrogens is 1. The van der Waals surface area contributed by atoms with Crippen molar-refractivity contribution in [2.24, 2.45) is 0 Å². The first kappa shape index (κ1) is 17.9. The molecule has 27 heavy (non-hydrogen) atoms. The predicted octanol–water partition coefficient (Wildman–Crippen LogP) is 2.98. The minimum atomic E-state index is -3.62. The van der Waals surface area contributed by atoms with Crippen LogP contribution < -0.4 is 0 Å². The van der Waals surface area contributed by atoms with E-state index in [0.29, 0.717) is 42.9 Å². The highest BCUT2D eigenvalue weighted by Gasteiger charge is 2.27. The van der Waals surface area contributed by atoms with Crippen molar-refractivity contribution in [2.45, 2.75) is 11.8 Å². The molecule has 1 N–H and O–H groups in total. The fourth-order valence-corrected chi connectivity index (χ4v) is 4.87. The Morgan fingerprint density at radius 3 is 2.59 bits per heavy atom. The topological polar surface area (TPSA) is 79.5 Å². The summed E-state index contributed by atoms with van der Waals surface area (Å²) in [5.41, 5.74) is 3.87. The lowest BCUT2D eigenvalue weighted by Gasteiger charge is -2.26. The first-order valence-corrected chi connectivity index (χ1v) is 10.2. The van der Waals surface area contributed by atoms with Gasteiger partial charge in [0.15, 0.2) is 6.29 Å². The van der Waals surface area contributed by atoms with Crippen molar-refractivity contribution in [3.8, 4) is 11.3 Å². The second kappa shape index (κ2) is 6.92. The number of carbonyl (C=O) groups excluding carboxylic acids is 1. The van der Waals surface area contributed by atoms with Gasteiger partial charge in [0.05, 0.1) is 23.8 Å². The van der Waals surface area contributed by atoms with Crippen molar-refractivity contribution < 1.29 is 17.9 Å². The lowest BCUT2D eigenvalue weighted by Crippen LogP contribution is -2.40. The third-order valence-corrected chi connectivity index (χ3v) is 6.74. The maximum Gasteiger partial charge on any atom is 0.243 e. The van der Waals surface area contributed by atoms with Crippen LogP contribution in [-0.4, -0.2) is 50.3 Å². The molecule has 6 nitrogen and oxygen atoms in total. The number of aldehydes is 1. The van der Waals surface area contributed by atoms with E-state index in [1.807, 2.05) is 31.2 Å². The Labute approximate surface area is 157 Å². The van der Waals surface area contributed by atoms with Gasteiger partial charge in [0.1, 0.15) is 0 Å². The van der Waals surface area contributed by atoms with E-state index in [1.54, 1.807) is 18.2 Å². The van der Waals surface area contributed by atoms with Gasteiger partial charge in [-0.2, -0.15) is 4.31 Å². The fourth-order valence-electron chi connectivity index (χ4n) is 3.44. The first-order chi connectivity index (χ1) is 13.0. The lowest BCUT2D eigenvalue weighted by molar-refractivity contribution is 0.0730. The van der Waals surface area contributed by atoms with Crippen molar-refractivity contribution >= 4 is 27.2 Å². The molecule has 1 aliphatic rings. The van der Waals surface area contributed by atoms with Crippen LogP contribution in [0.25, 0.3) is 22.2 Å². The number of rotatable bonds is 4. The molecule has 0 radical (unpaired) electrons. The molecule has 1 aliphatic heterocycles. The second-order valence-electron chi connectivity index (χ2n) is 6.62. The largest absolute Gasteiger partial charge is 0.379 e. The van der Waals surface area contributed by atoms with Crippen molar-refractivity contribution in [3.63, 3.8) is 0 Å². The highest BCUT2D eigenvalue weighted by atomic mass is 32.2. The summed E-state index contributed by atoms with van der Waals surface area (Å²) in [6, 6.07) is 12.7. The number of sulfonamides is 1. The third kappa shape index (κ3) is 3.18. The van der Waals surface area contributed by atoms with Crippen LogP contribution >= 0.6 is 0 Å². The molecule has 1 fully saturated rings. The molecule has 0 spiro atoms. The molecule has 0 unspecified atom stereocenters. The summed E-state index contributed by atoms with van der Waals surface area (Å²) in [4.78, 5) is 15.3. The number of aromatic amines is 1. The zero-order valence-corrected chi connectivity index (χ0v) is 15.8. The standard InChI is InChI=1S/C20H20N2O4S/c1-14-3-2-4-15(11-14)20-18(13-23)17-12-16(5-6-19(17)21-20)27(24,25)22-7-9-26-10-8-22/h2-6,11-13,21H,7-10H2,1H3. The minimum Gasteiger partial charge on any atom is -0.379 e. The molecular formula is C20H20N2O4S. The molecule has 2 heterocycles. The lowest BCUT2D eigenvalue weighted by atomic mass is 10.0. The van der Waals surface area contributed by atoms with Gasteiger partial charge < -0.3 is 9.72 Å². The molecule has 0 bridgehead atoms. The van der Waals surface area contributed by atoms with E-state index in [0.717, 1.165) is 22.9 Å². The Morgan fingerprint density at radius 1 is 1.11 bits per heavy atom. The van der Waals surface area contributed by atoms with Gasteiger partial charge in [0, 0.05) is 29.6 Å². The summed E-state index contributed by atoms with van der Waals surface area (Å²) in [6.45, 7) is 3.44. The van der Waals surface area contributed by atoms with Crippen molar-refractivity contribution in [2.75, 3.05) is 26.3 Å². The molecule has 0 atom stereocenters. The number of nitrogens with zero attached hydrogens (tertiary/aromatic N) is 1. The Balaban J connectivity index is 1.84. The SMILES string of the molecule is Cc1cccc(-c2[nH]c3ccc(S(=O)(=O)N4CCOCC4)cc3c2C=O)c1. The van der Waals surface area contributed by atoms with E-state index in [-0.39, 0.29) is 4.90 Å². The van der Waals surface area contributed by atoms with E-state index in [1.165, 1.54) is 4.31 Å². The van der Waals surface area contributed by atoms with Gasteiger partial charge in [-0.15, -0.1) is 0 Å². The summed E-state index contributed by atoms with van der Waals surface area (Å²) in [6.07, 6.45) is 0.779. The Kier molecular flexibility index (Phi) is 4.59. The number of carbonyl (C=O) groups is 1. The van der Waals surface area contributed by atoms with Crippen LogP contribution in [0.5, 0.6) is 0 Å². The fraction of sp³-hybridized carbons (Fsp3) is 0.250. The van der Waals surface area contributed by atoms with Gasteiger partial charge in [0.25, 0.3) is 0 Å². The van der Waals surface area contributed by atoms with Gasteiger partial charge in [-0.25, -0.2) is 8.42 Å². The van der Waals surface area contributed by atoms with Gasteiger partial charge >= 0.3 is 0 Å². The number of benzene rings is 2. The summed E-state index contributed by atoms with van der Waals surface area (Å²) in [7, 11) is -3.62. The van der Waals surface area contributed by atoms with Crippen LogP contribution in [0.2, 0.25) is 0 Å². The van der Waals surface area contributed by atoms with Crippen molar-refractivity contribution in [3.05, 3.63) is 53.6 Å². The molecule has 140 valence electrons. The average Bonchev–Trinajstić information content (AvgIpc) is 3.06. The van der Waals surface area contributed by atoms with Crippen LogP contribution in [0, 0.1) is 6.92 Å². The Hall–Kier alpha value is -2.48. The number of aryl methyl sites for hydroxylation is 1. The van der Waals surface area contributed by atoms with Gasteiger partial charge in [-0.1, -0.05) is 23.8 Å². The molecule has 1 aromatic heterocycles. The monoisotopic (exact) mass is 384 g/mol. The van der Waals surface area contributed by atoms with Crippen LogP contribution in [-0.2, 0) is 14.8 Å². The van der Waals surface area contributed by atoms with Crippen LogP contribution in [0.4, 0.5) is 0 Å². The molecule has 1 saturated heterocycles. The quantitative estimate of drug-likeness (QED) is 0.702. The number of hydrogen-bond acceptors (Lipinski definition) is 4. The maximum absolute atomic E-state index is 12.9. The number of fused-ring (bicyclic) bond motifs is 1. The van der Waals surface area contributed by atoms with Crippen molar-refractivity contribution in [1.29, 1.82) is 0 Å². The van der Waals surface area contributed by atoms with Crippen LogP contribution in [0.1, 0.15) is 15.9 Å². The van der Waals surface area contributed by atoms with Crippen LogP contribution in [0.3, 0.4) is 0 Å². The average molecular weight is 384 g/mol. The highest BCUT2D eigenvalue weighted by molar-refractivity contribution is 7.89. The summed E-state index contributed by atoms with van der Waals surface area (Å²) >= 11 is 0. The Bertz CT molecular complexity index is 1110. The number of nitrogens with one attached hydrogen (secondary N) is 1. The van der Waals surface area contributed by atoms with E-state index in [4.69, 9.17) is 4.74 Å². The van der Waals surface area contributed by atoms with E-state index in [2.05, 4.69) is 4.98 Å². The zero-order chi connectivity index (χ0) is 19.0. The molecule has 0 aliphatic carbocycles.